The monoisotopic (exact) mass is 532 g/mol. The third kappa shape index (κ3) is 4.69. The molecular weight excluding hydrogens is 516 g/mol. The highest BCUT2D eigenvalue weighted by molar-refractivity contribution is 6.05. The fraction of sp³-hybridized carbons (Fsp3) is 0. The maximum atomic E-state index is 10.7. The van der Waals surface area contributed by atoms with Crippen LogP contribution in [0.4, 0.5) is 0 Å². The molecule has 0 N–H and O–H groups in total. The zero-order chi connectivity index (χ0) is 29.6. The molecule has 0 atom stereocenters. The predicted octanol–water partition coefficient (Wildman–Crippen LogP) is 7.58. The Morgan fingerprint density at radius 2 is 0.500 bits per heavy atom. The molecule has 0 saturated carbocycles. The molecule has 0 radical (unpaired) electrons. The molecule has 0 heterocycles. The molecule has 0 fully saturated rings. The summed E-state index contributed by atoms with van der Waals surface area (Å²) < 4.78 is 0. The van der Waals surface area contributed by atoms with Crippen molar-refractivity contribution in [1.29, 1.82) is 31.6 Å². The van der Waals surface area contributed by atoms with Crippen LogP contribution in [0, 0.1) is 68.0 Å². The fourth-order valence-corrected chi connectivity index (χ4v) is 4.97. The summed E-state index contributed by atoms with van der Waals surface area (Å²) in [5, 5.41) is 59.0. The van der Waals surface area contributed by atoms with Gasteiger partial charge in [0, 0.05) is 22.3 Å². The maximum absolute atomic E-state index is 10.7. The summed E-state index contributed by atoms with van der Waals surface area (Å²) in [7, 11) is 0. The van der Waals surface area contributed by atoms with Gasteiger partial charge in [-0.05, 0) is 70.8 Å². The quantitative estimate of drug-likeness (QED) is 0.233. The van der Waals surface area contributed by atoms with Gasteiger partial charge >= 0.3 is 0 Å². The van der Waals surface area contributed by atoms with Gasteiger partial charge in [-0.25, -0.2) is 0 Å². The molecule has 42 heavy (non-hydrogen) atoms. The van der Waals surface area contributed by atoms with E-state index in [-0.39, 0.29) is 11.1 Å². The van der Waals surface area contributed by atoms with Gasteiger partial charge in [-0.1, -0.05) is 48.5 Å². The highest BCUT2D eigenvalue weighted by Crippen LogP contribution is 2.48. The second-order valence-corrected chi connectivity index (χ2v) is 9.23. The molecule has 0 aromatic heterocycles. The lowest BCUT2D eigenvalue weighted by Crippen LogP contribution is -2.02. The summed E-state index contributed by atoms with van der Waals surface area (Å²) in [5.74, 6) is 0. The summed E-state index contributed by atoms with van der Waals surface area (Å²) in [6.45, 7) is 0. The van der Waals surface area contributed by atoms with Gasteiger partial charge in [0.1, 0.15) is 12.1 Å². The summed E-state index contributed by atoms with van der Waals surface area (Å²) in [5.41, 5.74) is 6.93. The number of nitrogens with zero attached hydrogens (tertiary/aromatic N) is 6. The van der Waals surface area contributed by atoms with Crippen molar-refractivity contribution < 1.29 is 0 Å². The van der Waals surface area contributed by atoms with Gasteiger partial charge in [0.05, 0.1) is 57.7 Å². The number of hydrogen-bond donors (Lipinski definition) is 0. The minimum atomic E-state index is 0.248. The molecule has 0 amide bonds. The number of hydrogen-bond acceptors (Lipinski definition) is 6. The van der Waals surface area contributed by atoms with Crippen LogP contribution in [0.5, 0.6) is 0 Å². The molecule has 0 aliphatic heterocycles. The molecule has 0 aliphatic rings. The van der Waals surface area contributed by atoms with E-state index in [1.165, 1.54) is 0 Å². The molecule has 5 aromatic carbocycles. The minimum Gasteiger partial charge on any atom is -0.192 e. The smallest absolute Gasteiger partial charge is 0.100 e. The Morgan fingerprint density at radius 3 is 0.738 bits per heavy atom. The lowest BCUT2D eigenvalue weighted by Gasteiger charge is -2.23. The first-order valence-corrected chi connectivity index (χ1v) is 12.6. The van der Waals surface area contributed by atoms with E-state index >= 15 is 0 Å². The van der Waals surface area contributed by atoms with Gasteiger partial charge in [-0.15, -0.1) is 0 Å². The van der Waals surface area contributed by atoms with Gasteiger partial charge in [-0.2, -0.15) is 31.6 Å². The van der Waals surface area contributed by atoms with Crippen molar-refractivity contribution in [2.45, 2.75) is 0 Å². The Hall–Kier alpha value is -6.96. The lowest BCUT2D eigenvalue weighted by atomic mass is 9.77. The molecule has 0 spiro atoms. The molecule has 5 rings (SSSR count). The first-order valence-electron chi connectivity index (χ1n) is 12.6. The lowest BCUT2D eigenvalue weighted by molar-refractivity contribution is 1.41. The van der Waals surface area contributed by atoms with Gasteiger partial charge in [-0.3, -0.25) is 0 Å². The first-order chi connectivity index (χ1) is 20.6. The minimum absolute atomic E-state index is 0.248. The Kier molecular flexibility index (Phi) is 7.24. The van der Waals surface area contributed by atoms with Crippen molar-refractivity contribution in [3.63, 3.8) is 0 Å². The predicted molar refractivity (Wildman–Crippen MR) is 156 cm³/mol. The summed E-state index contributed by atoms with van der Waals surface area (Å²) in [6, 6.07) is 40.4. The summed E-state index contributed by atoms with van der Waals surface area (Å²) in [4.78, 5) is 0. The topological polar surface area (TPSA) is 143 Å². The van der Waals surface area contributed by atoms with Crippen molar-refractivity contribution in [3.05, 3.63) is 130 Å². The number of rotatable bonds is 4. The van der Waals surface area contributed by atoms with Crippen molar-refractivity contribution in [2.24, 2.45) is 0 Å². The van der Waals surface area contributed by atoms with E-state index in [4.69, 9.17) is 0 Å². The Labute approximate surface area is 242 Å². The molecule has 6 nitrogen and oxygen atoms in total. The molecule has 6 heteroatoms. The van der Waals surface area contributed by atoms with Crippen molar-refractivity contribution >= 4 is 0 Å². The van der Waals surface area contributed by atoms with E-state index in [2.05, 4.69) is 36.4 Å². The van der Waals surface area contributed by atoms with E-state index in [0.29, 0.717) is 66.8 Å². The Balaban J connectivity index is 2.03. The second-order valence-electron chi connectivity index (χ2n) is 9.23. The van der Waals surface area contributed by atoms with Crippen LogP contribution in [0.3, 0.4) is 0 Å². The van der Waals surface area contributed by atoms with E-state index < -0.39 is 0 Å². The highest BCUT2D eigenvalue weighted by Gasteiger charge is 2.27. The van der Waals surface area contributed by atoms with Crippen LogP contribution in [-0.4, -0.2) is 0 Å². The number of nitriles is 6. The van der Waals surface area contributed by atoms with Crippen LogP contribution in [0.25, 0.3) is 44.5 Å². The van der Waals surface area contributed by atoms with E-state index in [1.54, 1.807) is 97.1 Å². The van der Waals surface area contributed by atoms with Crippen molar-refractivity contribution in [1.82, 2.24) is 0 Å². The van der Waals surface area contributed by atoms with Crippen molar-refractivity contribution in [2.75, 3.05) is 0 Å². The van der Waals surface area contributed by atoms with Crippen LogP contribution in [0.1, 0.15) is 33.4 Å². The standard InChI is InChI=1S/C36H16N6/c37-17-23-1-9-27(10-2-23)33-31(21-41)34(28-11-3-24(18-38)4-12-28)36(30-15-7-26(20-40)8-16-30)35(32(33)22-42)29-13-5-25(19-39)6-14-29/h1-16H. The van der Waals surface area contributed by atoms with Crippen LogP contribution in [-0.2, 0) is 0 Å². The zero-order valence-electron chi connectivity index (χ0n) is 21.9. The van der Waals surface area contributed by atoms with Crippen LogP contribution < -0.4 is 0 Å². The molecule has 0 aliphatic carbocycles. The normalized spacial score (nSPS) is 9.76. The SMILES string of the molecule is N#Cc1ccc(-c2c(C#N)c(-c3ccc(C#N)cc3)c(-c3ccc(C#N)cc3)c(-c3ccc(C#N)cc3)c2C#N)cc1. The molecule has 5 aromatic rings. The van der Waals surface area contributed by atoms with Gasteiger partial charge in [0.15, 0.2) is 0 Å². The fourth-order valence-electron chi connectivity index (χ4n) is 4.97. The molecule has 0 bridgehead atoms. The molecule has 0 unspecified atom stereocenters. The van der Waals surface area contributed by atoms with Crippen LogP contribution in [0.15, 0.2) is 97.1 Å². The Bertz CT molecular complexity index is 2000. The van der Waals surface area contributed by atoms with E-state index in [9.17, 15) is 31.6 Å². The molecule has 190 valence electrons. The maximum Gasteiger partial charge on any atom is 0.100 e. The largest absolute Gasteiger partial charge is 0.192 e. The van der Waals surface area contributed by atoms with Crippen LogP contribution >= 0.6 is 0 Å². The van der Waals surface area contributed by atoms with Crippen molar-refractivity contribution in [3.8, 4) is 80.9 Å². The second kappa shape index (κ2) is 11.4. The highest BCUT2D eigenvalue weighted by atomic mass is 14.3. The average Bonchev–Trinajstić information content (AvgIpc) is 3.07. The Morgan fingerprint density at radius 1 is 0.262 bits per heavy atom. The first kappa shape index (κ1) is 26.6. The third-order valence-corrected chi connectivity index (χ3v) is 6.93. The molecular formula is C36H16N6. The van der Waals surface area contributed by atoms with Gasteiger partial charge in [0.2, 0.25) is 0 Å². The van der Waals surface area contributed by atoms with Gasteiger partial charge < -0.3 is 0 Å². The number of benzene rings is 5. The van der Waals surface area contributed by atoms with Gasteiger partial charge in [0.25, 0.3) is 0 Å². The summed E-state index contributed by atoms with van der Waals surface area (Å²) in [6.07, 6.45) is 0. The summed E-state index contributed by atoms with van der Waals surface area (Å²) >= 11 is 0. The van der Waals surface area contributed by atoms with Crippen LogP contribution in [0.2, 0.25) is 0 Å². The third-order valence-electron chi connectivity index (χ3n) is 6.93. The molecule has 0 saturated heterocycles. The van der Waals surface area contributed by atoms with E-state index in [1.807, 2.05) is 0 Å². The zero-order valence-corrected chi connectivity index (χ0v) is 21.9. The average molecular weight is 533 g/mol. The van der Waals surface area contributed by atoms with E-state index in [0.717, 1.165) is 0 Å².